The third-order valence-electron chi connectivity index (χ3n) is 2.80. The summed E-state index contributed by atoms with van der Waals surface area (Å²) >= 11 is 1.42. The molecular formula is C15H14N2O4S. The smallest absolute Gasteiger partial charge is 0.269 e. The normalized spacial score (nSPS) is 10.2. The first-order valence-corrected chi connectivity index (χ1v) is 7.60. The number of amides is 1. The number of thioether (sulfide) groups is 1. The van der Waals surface area contributed by atoms with Gasteiger partial charge >= 0.3 is 0 Å². The number of nitrogens with one attached hydrogen (secondary N) is 1. The van der Waals surface area contributed by atoms with E-state index in [1.807, 2.05) is 0 Å². The Morgan fingerprint density at radius 2 is 1.77 bits per heavy atom. The van der Waals surface area contributed by atoms with E-state index in [2.05, 4.69) is 5.32 Å². The number of nitrogens with zero attached hydrogens (tertiary/aromatic N) is 1. The van der Waals surface area contributed by atoms with Gasteiger partial charge in [-0.1, -0.05) is 12.1 Å². The monoisotopic (exact) mass is 318 g/mol. The highest BCUT2D eigenvalue weighted by atomic mass is 32.2. The number of benzene rings is 2. The van der Waals surface area contributed by atoms with E-state index >= 15 is 0 Å². The predicted octanol–water partition coefficient (Wildman–Crippen LogP) is 3.17. The second-order valence-corrected chi connectivity index (χ2v) is 5.50. The lowest BCUT2D eigenvalue weighted by molar-refractivity contribution is -0.384. The van der Waals surface area contributed by atoms with Gasteiger partial charge in [0, 0.05) is 23.6 Å². The quantitative estimate of drug-likeness (QED) is 0.485. The van der Waals surface area contributed by atoms with Crippen molar-refractivity contribution in [2.24, 2.45) is 0 Å². The Morgan fingerprint density at radius 1 is 1.14 bits per heavy atom. The van der Waals surface area contributed by atoms with Crippen LogP contribution < -0.4 is 5.32 Å². The lowest BCUT2D eigenvalue weighted by atomic mass is 10.2. The van der Waals surface area contributed by atoms with Crippen LogP contribution in [0.5, 0.6) is 5.75 Å². The highest BCUT2D eigenvalue weighted by Crippen LogP contribution is 2.18. The lowest BCUT2D eigenvalue weighted by Crippen LogP contribution is -2.13. The molecule has 0 aromatic heterocycles. The second kappa shape index (κ2) is 7.46. The lowest BCUT2D eigenvalue weighted by Gasteiger charge is -2.05. The number of nitro groups is 1. The fourth-order valence-corrected chi connectivity index (χ4v) is 2.51. The molecule has 1 amide bonds. The van der Waals surface area contributed by atoms with Crippen LogP contribution in [0.25, 0.3) is 0 Å². The number of anilines is 1. The van der Waals surface area contributed by atoms with Gasteiger partial charge in [0.05, 0.1) is 10.7 Å². The van der Waals surface area contributed by atoms with Crippen molar-refractivity contribution < 1.29 is 14.8 Å². The Kier molecular flexibility index (Phi) is 5.37. The molecule has 0 saturated heterocycles. The molecule has 7 heteroatoms. The molecule has 0 aliphatic rings. The van der Waals surface area contributed by atoms with Gasteiger partial charge in [0.25, 0.3) is 5.69 Å². The van der Waals surface area contributed by atoms with Gasteiger partial charge in [-0.15, -0.1) is 11.8 Å². The summed E-state index contributed by atoms with van der Waals surface area (Å²) in [4.78, 5) is 21.8. The van der Waals surface area contributed by atoms with Crippen LogP contribution in [-0.4, -0.2) is 21.7 Å². The van der Waals surface area contributed by atoms with Crippen LogP contribution in [-0.2, 0) is 10.5 Å². The van der Waals surface area contributed by atoms with Crippen molar-refractivity contribution in [2.75, 3.05) is 11.1 Å². The first-order valence-electron chi connectivity index (χ1n) is 6.44. The Bertz CT molecular complexity index is 656. The van der Waals surface area contributed by atoms with Gasteiger partial charge in [0.1, 0.15) is 5.75 Å². The third-order valence-corrected chi connectivity index (χ3v) is 3.80. The van der Waals surface area contributed by atoms with Crippen LogP contribution in [0.2, 0.25) is 0 Å². The highest BCUT2D eigenvalue weighted by Gasteiger charge is 2.06. The summed E-state index contributed by atoms with van der Waals surface area (Å²) in [5.41, 5.74) is 1.60. The van der Waals surface area contributed by atoms with Crippen molar-refractivity contribution in [1.29, 1.82) is 0 Å². The molecule has 0 saturated carbocycles. The van der Waals surface area contributed by atoms with Crippen LogP contribution in [0.4, 0.5) is 11.4 Å². The summed E-state index contributed by atoms with van der Waals surface area (Å²) in [6.45, 7) is 0. The van der Waals surface area contributed by atoms with E-state index in [1.54, 1.807) is 24.3 Å². The number of rotatable bonds is 6. The minimum absolute atomic E-state index is 0.0545. The van der Waals surface area contributed by atoms with Crippen LogP contribution in [0.1, 0.15) is 5.56 Å². The molecule has 22 heavy (non-hydrogen) atoms. The number of phenols is 1. The number of nitro benzene ring substituents is 1. The van der Waals surface area contributed by atoms with Crippen molar-refractivity contribution in [3.63, 3.8) is 0 Å². The van der Waals surface area contributed by atoms with E-state index in [9.17, 15) is 14.9 Å². The summed E-state index contributed by atoms with van der Waals surface area (Å²) < 4.78 is 0. The fraction of sp³-hybridized carbons (Fsp3) is 0.133. The van der Waals surface area contributed by atoms with Gasteiger partial charge in [-0.25, -0.2) is 0 Å². The maximum Gasteiger partial charge on any atom is 0.269 e. The van der Waals surface area contributed by atoms with E-state index in [0.29, 0.717) is 11.4 Å². The van der Waals surface area contributed by atoms with Crippen molar-refractivity contribution in [3.8, 4) is 5.75 Å². The van der Waals surface area contributed by atoms with Gasteiger partial charge in [0.2, 0.25) is 5.91 Å². The molecule has 0 bridgehead atoms. The summed E-state index contributed by atoms with van der Waals surface area (Å²) in [7, 11) is 0. The zero-order valence-electron chi connectivity index (χ0n) is 11.6. The minimum atomic E-state index is -0.442. The van der Waals surface area contributed by atoms with Crippen LogP contribution in [0.3, 0.4) is 0 Å². The summed E-state index contributed by atoms with van der Waals surface area (Å²) in [5, 5.41) is 22.4. The summed E-state index contributed by atoms with van der Waals surface area (Å²) in [6, 6.07) is 12.5. The molecule has 0 aliphatic heterocycles. The molecule has 0 aliphatic carbocycles. The minimum Gasteiger partial charge on any atom is -0.508 e. The van der Waals surface area contributed by atoms with Crippen LogP contribution in [0, 0.1) is 10.1 Å². The molecule has 6 nitrogen and oxygen atoms in total. The molecule has 2 rings (SSSR count). The first-order chi connectivity index (χ1) is 10.5. The van der Waals surface area contributed by atoms with Gasteiger partial charge in [-0.3, -0.25) is 14.9 Å². The summed E-state index contributed by atoms with van der Waals surface area (Å²) in [6.07, 6.45) is 0. The van der Waals surface area contributed by atoms with E-state index < -0.39 is 4.92 Å². The number of carbonyl (C=O) groups is 1. The van der Waals surface area contributed by atoms with E-state index in [-0.39, 0.29) is 23.1 Å². The van der Waals surface area contributed by atoms with E-state index in [1.165, 1.54) is 36.0 Å². The molecule has 2 N–H and O–H groups in total. The number of phenolic OH excluding ortho intramolecular Hbond substituents is 1. The number of carbonyl (C=O) groups excluding carboxylic acids is 1. The third kappa shape index (κ3) is 4.78. The molecule has 0 fully saturated rings. The number of non-ortho nitro benzene ring substituents is 1. The maximum atomic E-state index is 11.7. The molecule has 2 aromatic carbocycles. The van der Waals surface area contributed by atoms with Gasteiger partial charge in [-0.2, -0.15) is 0 Å². The van der Waals surface area contributed by atoms with Gasteiger partial charge in [-0.05, 0) is 29.8 Å². The maximum absolute atomic E-state index is 11.7. The summed E-state index contributed by atoms with van der Waals surface area (Å²) in [5.74, 6) is 0.877. The Morgan fingerprint density at radius 3 is 2.36 bits per heavy atom. The largest absolute Gasteiger partial charge is 0.508 e. The van der Waals surface area contributed by atoms with E-state index in [4.69, 9.17) is 5.11 Å². The van der Waals surface area contributed by atoms with E-state index in [0.717, 1.165) is 5.56 Å². The average Bonchev–Trinajstić information content (AvgIpc) is 2.50. The van der Waals surface area contributed by atoms with Gasteiger partial charge < -0.3 is 10.4 Å². The van der Waals surface area contributed by atoms with Crippen LogP contribution in [0.15, 0.2) is 48.5 Å². The Hall–Kier alpha value is -2.54. The predicted molar refractivity (Wildman–Crippen MR) is 86.0 cm³/mol. The fourth-order valence-electron chi connectivity index (χ4n) is 1.72. The number of hydrogen-bond acceptors (Lipinski definition) is 5. The SMILES string of the molecule is O=C(CSCc1ccc([N+](=O)[O-])cc1)Nc1ccc(O)cc1. The molecule has 0 atom stereocenters. The standard InChI is InChI=1S/C15H14N2O4S/c18-14-7-3-12(4-8-14)16-15(19)10-22-9-11-1-5-13(6-2-11)17(20)21/h1-8,18H,9-10H2,(H,16,19). The molecule has 0 radical (unpaired) electrons. The van der Waals surface area contributed by atoms with Crippen molar-refractivity contribution in [3.05, 3.63) is 64.2 Å². The topological polar surface area (TPSA) is 92.5 Å². The van der Waals surface area contributed by atoms with Gasteiger partial charge in [0.15, 0.2) is 0 Å². The number of hydrogen-bond donors (Lipinski definition) is 2. The second-order valence-electron chi connectivity index (χ2n) is 4.51. The molecule has 0 spiro atoms. The Balaban J connectivity index is 1.77. The van der Waals surface area contributed by atoms with Crippen molar-refractivity contribution >= 4 is 29.0 Å². The molecule has 2 aromatic rings. The highest BCUT2D eigenvalue weighted by molar-refractivity contribution is 7.99. The van der Waals surface area contributed by atoms with Crippen LogP contribution >= 0.6 is 11.8 Å². The Labute approximate surface area is 131 Å². The molecular weight excluding hydrogens is 304 g/mol. The zero-order chi connectivity index (χ0) is 15.9. The zero-order valence-corrected chi connectivity index (χ0v) is 12.4. The van der Waals surface area contributed by atoms with Crippen molar-refractivity contribution in [2.45, 2.75) is 5.75 Å². The molecule has 0 heterocycles. The first kappa shape index (κ1) is 15.8. The molecule has 0 unspecified atom stereocenters. The number of aromatic hydroxyl groups is 1. The molecule has 114 valence electrons. The van der Waals surface area contributed by atoms with Crippen molar-refractivity contribution in [1.82, 2.24) is 0 Å². The average molecular weight is 318 g/mol.